The van der Waals surface area contributed by atoms with Crippen molar-refractivity contribution in [3.63, 3.8) is 0 Å². The summed E-state index contributed by atoms with van der Waals surface area (Å²) in [7, 11) is 0. The Bertz CT molecular complexity index is 1060. The number of rotatable bonds is 6. The van der Waals surface area contributed by atoms with Gasteiger partial charge in [0.1, 0.15) is 5.76 Å². The van der Waals surface area contributed by atoms with Crippen LogP contribution in [0.1, 0.15) is 28.1 Å². The highest BCUT2D eigenvalue weighted by Crippen LogP contribution is 2.32. The quantitative estimate of drug-likeness (QED) is 0.417. The lowest BCUT2D eigenvalue weighted by atomic mass is 10.1. The molecule has 8 nitrogen and oxygen atoms in total. The highest BCUT2D eigenvalue weighted by molar-refractivity contribution is 5.94. The van der Waals surface area contributed by atoms with Crippen molar-refractivity contribution in [3.8, 4) is 11.5 Å². The van der Waals surface area contributed by atoms with E-state index in [1.54, 1.807) is 24.5 Å². The maximum absolute atomic E-state index is 12.4. The number of carbonyl (C=O) groups excluding carboxylic acids is 1. The number of anilines is 1. The molecule has 4 N–H and O–H groups in total. The summed E-state index contributed by atoms with van der Waals surface area (Å²) in [4.78, 5) is 16.7. The first-order valence-electron chi connectivity index (χ1n) is 10.0. The number of fused-ring (bicyclic) bond motifs is 1. The van der Waals surface area contributed by atoms with Gasteiger partial charge in [-0.2, -0.15) is 0 Å². The number of guanidine groups is 1. The lowest BCUT2D eigenvalue weighted by Gasteiger charge is -2.11. The topological polar surface area (TPSA) is 111 Å². The molecule has 0 bridgehead atoms. The molecule has 0 spiro atoms. The van der Waals surface area contributed by atoms with Gasteiger partial charge in [0, 0.05) is 23.7 Å². The summed E-state index contributed by atoms with van der Waals surface area (Å²) in [6, 6.07) is 16.4. The van der Waals surface area contributed by atoms with E-state index >= 15 is 0 Å². The minimum absolute atomic E-state index is 0.180. The average molecular weight is 420 g/mol. The lowest BCUT2D eigenvalue weighted by molar-refractivity contribution is 0.0948. The third kappa shape index (κ3) is 5.57. The van der Waals surface area contributed by atoms with Gasteiger partial charge < -0.3 is 30.3 Å². The van der Waals surface area contributed by atoms with E-state index in [9.17, 15) is 4.79 Å². The van der Waals surface area contributed by atoms with Crippen molar-refractivity contribution in [2.45, 2.75) is 19.5 Å². The molecule has 0 saturated heterocycles. The molecule has 2 aromatic carbocycles. The summed E-state index contributed by atoms with van der Waals surface area (Å²) in [6.45, 7) is 1.93. The fourth-order valence-electron chi connectivity index (χ4n) is 3.10. The van der Waals surface area contributed by atoms with Crippen molar-refractivity contribution in [1.29, 1.82) is 0 Å². The van der Waals surface area contributed by atoms with Crippen LogP contribution in [0.5, 0.6) is 11.5 Å². The summed E-state index contributed by atoms with van der Waals surface area (Å²) in [5, 5.41) is 5.89. The van der Waals surface area contributed by atoms with E-state index in [4.69, 9.17) is 19.6 Å². The Hall–Kier alpha value is -3.94. The van der Waals surface area contributed by atoms with Gasteiger partial charge >= 0.3 is 0 Å². The Kier molecular flexibility index (Phi) is 6.37. The zero-order valence-electron chi connectivity index (χ0n) is 17.0. The van der Waals surface area contributed by atoms with Crippen molar-refractivity contribution in [2.75, 3.05) is 18.5 Å². The molecule has 1 aromatic heterocycles. The van der Waals surface area contributed by atoms with Crippen LogP contribution in [0.25, 0.3) is 0 Å². The van der Waals surface area contributed by atoms with Gasteiger partial charge in [-0.05, 0) is 42.0 Å². The monoisotopic (exact) mass is 420 g/mol. The van der Waals surface area contributed by atoms with Gasteiger partial charge in [-0.25, -0.2) is 4.99 Å². The van der Waals surface area contributed by atoms with Gasteiger partial charge in [0.15, 0.2) is 17.5 Å². The molecule has 0 unspecified atom stereocenters. The van der Waals surface area contributed by atoms with Gasteiger partial charge in [0.2, 0.25) is 0 Å². The molecule has 0 aliphatic carbocycles. The van der Waals surface area contributed by atoms with E-state index < -0.39 is 0 Å². The molecule has 3 aromatic rings. The molecule has 31 heavy (non-hydrogen) atoms. The van der Waals surface area contributed by atoms with Crippen molar-refractivity contribution in [2.24, 2.45) is 10.7 Å². The van der Waals surface area contributed by atoms with Crippen LogP contribution >= 0.6 is 0 Å². The number of furan rings is 1. The number of hydrogen-bond donors (Lipinski definition) is 3. The predicted molar refractivity (Wildman–Crippen MR) is 117 cm³/mol. The number of ether oxygens (including phenoxy) is 2. The third-order valence-corrected chi connectivity index (χ3v) is 4.64. The fraction of sp³-hybridized carbons (Fsp3) is 0.217. The first-order chi connectivity index (χ1) is 15.2. The average Bonchev–Trinajstić information content (AvgIpc) is 3.20. The number of nitrogens with zero attached hydrogens (tertiary/aromatic N) is 1. The minimum atomic E-state index is -0.180. The second-order valence-electron chi connectivity index (χ2n) is 7.00. The number of nitrogens with two attached hydrogens (primary N) is 1. The highest BCUT2D eigenvalue weighted by atomic mass is 16.5. The molecule has 1 aliphatic rings. The first kappa shape index (κ1) is 20.3. The molecule has 0 fully saturated rings. The number of amides is 1. The zero-order chi connectivity index (χ0) is 21.5. The lowest BCUT2D eigenvalue weighted by Crippen LogP contribution is -2.23. The van der Waals surface area contributed by atoms with Crippen LogP contribution < -0.4 is 25.8 Å². The van der Waals surface area contributed by atoms with Gasteiger partial charge in [-0.3, -0.25) is 4.79 Å². The number of hydrogen-bond acceptors (Lipinski definition) is 5. The Morgan fingerprint density at radius 2 is 1.90 bits per heavy atom. The molecule has 1 aliphatic heterocycles. The van der Waals surface area contributed by atoms with Crippen LogP contribution in [0.3, 0.4) is 0 Å². The van der Waals surface area contributed by atoms with E-state index in [2.05, 4.69) is 15.6 Å². The van der Waals surface area contributed by atoms with Crippen LogP contribution in [-0.4, -0.2) is 25.1 Å². The van der Waals surface area contributed by atoms with Gasteiger partial charge in [0.05, 0.1) is 32.6 Å². The zero-order valence-corrected chi connectivity index (χ0v) is 17.0. The molecule has 1 amide bonds. The molecular formula is C23H24N4O4. The summed E-state index contributed by atoms with van der Waals surface area (Å²) in [5.41, 5.74) is 8.22. The Balaban J connectivity index is 1.35. The summed E-state index contributed by atoms with van der Waals surface area (Å²) in [5.74, 6) is 2.19. The van der Waals surface area contributed by atoms with Gasteiger partial charge in [-0.1, -0.05) is 12.1 Å². The second kappa shape index (κ2) is 9.71. The standard InChI is InChI=1S/C23H24N4O4/c24-23(27-18-7-8-20-21(13-18)31-11-3-10-30-20)26-14-16-4-1-5-17(12-16)22(28)25-15-19-6-2-9-29-19/h1-2,4-9,12-13H,3,10-11,14-15H2,(H,25,28)(H3,24,26,27). The van der Waals surface area contributed by atoms with Crippen molar-refractivity contribution in [3.05, 3.63) is 77.7 Å². The molecule has 0 saturated carbocycles. The maximum Gasteiger partial charge on any atom is 0.251 e. The second-order valence-corrected chi connectivity index (χ2v) is 7.00. The summed E-state index contributed by atoms with van der Waals surface area (Å²) < 4.78 is 16.5. The first-order valence-corrected chi connectivity index (χ1v) is 10.0. The van der Waals surface area contributed by atoms with Crippen LogP contribution in [0.15, 0.2) is 70.3 Å². The van der Waals surface area contributed by atoms with Crippen LogP contribution in [0.4, 0.5) is 5.69 Å². The van der Waals surface area contributed by atoms with Gasteiger partial charge in [-0.15, -0.1) is 0 Å². The normalized spacial score (nSPS) is 13.4. The van der Waals surface area contributed by atoms with E-state index in [1.807, 2.05) is 36.4 Å². The van der Waals surface area contributed by atoms with E-state index in [-0.39, 0.29) is 11.9 Å². The van der Waals surface area contributed by atoms with Gasteiger partial charge in [0.25, 0.3) is 5.91 Å². The van der Waals surface area contributed by atoms with Crippen LogP contribution in [0, 0.1) is 0 Å². The predicted octanol–water partition coefficient (Wildman–Crippen LogP) is 3.30. The van der Waals surface area contributed by atoms with Crippen LogP contribution in [0.2, 0.25) is 0 Å². The molecule has 8 heteroatoms. The highest BCUT2D eigenvalue weighted by Gasteiger charge is 2.11. The number of carbonyl (C=O) groups is 1. The van der Waals surface area contributed by atoms with E-state index in [0.29, 0.717) is 43.4 Å². The number of aliphatic imine (C=N–C) groups is 1. The fourth-order valence-corrected chi connectivity index (χ4v) is 3.10. The number of nitrogens with one attached hydrogen (secondary N) is 2. The number of benzene rings is 2. The van der Waals surface area contributed by atoms with E-state index in [1.165, 1.54) is 0 Å². The SMILES string of the molecule is NC(=NCc1cccc(C(=O)NCc2ccco2)c1)Nc1ccc2c(c1)OCCCO2. The molecular weight excluding hydrogens is 396 g/mol. The van der Waals surface area contributed by atoms with Crippen molar-refractivity contribution in [1.82, 2.24) is 5.32 Å². The molecule has 0 atom stereocenters. The minimum Gasteiger partial charge on any atom is -0.490 e. The Morgan fingerprint density at radius 1 is 1.03 bits per heavy atom. The van der Waals surface area contributed by atoms with E-state index in [0.717, 1.165) is 23.4 Å². The smallest absolute Gasteiger partial charge is 0.251 e. The van der Waals surface area contributed by atoms with Crippen LogP contribution in [-0.2, 0) is 13.1 Å². The largest absolute Gasteiger partial charge is 0.490 e. The maximum atomic E-state index is 12.4. The summed E-state index contributed by atoms with van der Waals surface area (Å²) >= 11 is 0. The Morgan fingerprint density at radius 3 is 2.74 bits per heavy atom. The Labute approximate surface area is 180 Å². The molecule has 2 heterocycles. The molecule has 160 valence electrons. The molecule has 4 rings (SSSR count). The summed E-state index contributed by atoms with van der Waals surface area (Å²) in [6.07, 6.45) is 2.42. The van der Waals surface area contributed by atoms with Crippen molar-refractivity contribution < 1.29 is 18.7 Å². The third-order valence-electron chi connectivity index (χ3n) is 4.64. The molecule has 0 radical (unpaired) electrons. The van der Waals surface area contributed by atoms with Crippen molar-refractivity contribution >= 4 is 17.6 Å².